The molecule has 1 fully saturated rings. The Balaban J connectivity index is 1.73. The van der Waals surface area contributed by atoms with E-state index in [1.807, 2.05) is 4.90 Å². The zero-order chi connectivity index (χ0) is 17.1. The highest BCUT2D eigenvalue weighted by Crippen LogP contribution is 2.30. The molecule has 0 bridgehead atoms. The van der Waals surface area contributed by atoms with Crippen LogP contribution in [0.5, 0.6) is 0 Å². The summed E-state index contributed by atoms with van der Waals surface area (Å²) in [6.45, 7) is 5.93. The van der Waals surface area contributed by atoms with Crippen LogP contribution < -0.4 is 10.6 Å². The van der Waals surface area contributed by atoms with Crippen molar-refractivity contribution >= 4 is 11.6 Å². The summed E-state index contributed by atoms with van der Waals surface area (Å²) in [4.78, 5) is 14.7. The van der Waals surface area contributed by atoms with E-state index >= 15 is 0 Å². The maximum absolute atomic E-state index is 12.7. The molecule has 0 saturated carbocycles. The van der Waals surface area contributed by atoms with Crippen LogP contribution in [0, 0.1) is 5.92 Å². The summed E-state index contributed by atoms with van der Waals surface area (Å²) in [6, 6.07) is 6.71. The second kappa shape index (κ2) is 7.66. The molecule has 1 aromatic rings. The van der Waals surface area contributed by atoms with E-state index in [0.29, 0.717) is 12.5 Å². The first-order chi connectivity index (χ1) is 11.5. The van der Waals surface area contributed by atoms with Crippen LogP contribution in [-0.4, -0.2) is 31.2 Å². The number of nitrogens with two attached hydrogens (primary N) is 1. The Labute approximate surface area is 145 Å². The van der Waals surface area contributed by atoms with Crippen molar-refractivity contribution in [1.29, 1.82) is 0 Å². The van der Waals surface area contributed by atoms with Crippen LogP contribution in [0.15, 0.2) is 18.2 Å². The Morgan fingerprint density at radius 1 is 1.38 bits per heavy atom. The predicted octanol–water partition coefficient (Wildman–Crippen LogP) is 3.06. The summed E-state index contributed by atoms with van der Waals surface area (Å²) < 4.78 is 5.59. The molecule has 2 heterocycles. The van der Waals surface area contributed by atoms with E-state index in [9.17, 15) is 4.79 Å². The highest BCUT2D eigenvalue weighted by atomic mass is 16.5. The van der Waals surface area contributed by atoms with Crippen molar-refractivity contribution in [3.05, 3.63) is 29.3 Å². The number of benzene rings is 1. The van der Waals surface area contributed by atoms with Gasteiger partial charge in [0.05, 0.1) is 0 Å². The molecule has 1 amide bonds. The third kappa shape index (κ3) is 3.98. The molecule has 0 radical (unpaired) electrons. The number of hydrogen-bond acceptors (Lipinski definition) is 3. The van der Waals surface area contributed by atoms with Gasteiger partial charge in [0.25, 0.3) is 5.91 Å². The van der Waals surface area contributed by atoms with Crippen molar-refractivity contribution in [2.24, 2.45) is 11.7 Å². The Morgan fingerprint density at radius 3 is 2.92 bits per heavy atom. The van der Waals surface area contributed by atoms with Gasteiger partial charge < -0.3 is 15.4 Å². The van der Waals surface area contributed by atoms with Gasteiger partial charge >= 0.3 is 0 Å². The van der Waals surface area contributed by atoms with Gasteiger partial charge in [0, 0.05) is 24.9 Å². The lowest BCUT2D eigenvalue weighted by molar-refractivity contribution is -0.127. The summed E-state index contributed by atoms with van der Waals surface area (Å²) in [6.07, 6.45) is 5.61. The maximum atomic E-state index is 12.7. The lowest BCUT2D eigenvalue weighted by Crippen LogP contribution is -2.42. The SMILES string of the molecule is CC(C)CC(N)Cc1ccc2c(c1)CCCN2C(=O)C1CCCO1. The number of fused-ring (bicyclic) bond motifs is 1. The number of ether oxygens (including phenoxy) is 1. The molecule has 132 valence electrons. The van der Waals surface area contributed by atoms with Crippen LogP contribution in [0.4, 0.5) is 5.69 Å². The van der Waals surface area contributed by atoms with E-state index in [1.165, 1.54) is 11.1 Å². The van der Waals surface area contributed by atoms with Crippen molar-refractivity contribution in [3.8, 4) is 0 Å². The fourth-order valence-corrected chi connectivity index (χ4v) is 3.94. The van der Waals surface area contributed by atoms with Crippen molar-refractivity contribution < 1.29 is 9.53 Å². The zero-order valence-corrected chi connectivity index (χ0v) is 15.0. The Hall–Kier alpha value is -1.39. The molecule has 1 aromatic carbocycles. The smallest absolute Gasteiger partial charge is 0.256 e. The van der Waals surface area contributed by atoms with Crippen molar-refractivity contribution in [1.82, 2.24) is 0 Å². The number of aryl methyl sites for hydroxylation is 1. The topological polar surface area (TPSA) is 55.6 Å². The minimum atomic E-state index is -0.241. The predicted molar refractivity (Wildman–Crippen MR) is 97.2 cm³/mol. The van der Waals surface area contributed by atoms with Gasteiger partial charge in [-0.25, -0.2) is 0 Å². The summed E-state index contributed by atoms with van der Waals surface area (Å²) >= 11 is 0. The van der Waals surface area contributed by atoms with Gasteiger partial charge in [-0.15, -0.1) is 0 Å². The van der Waals surface area contributed by atoms with E-state index in [2.05, 4.69) is 32.0 Å². The zero-order valence-electron chi connectivity index (χ0n) is 15.0. The third-order valence-corrected chi connectivity index (χ3v) is 5.01. The van der Waals surface area contributed by atoms with Gasteiger partial charge in [0.1, 0.15) is 6.10 Å². The number of carbonyl (C=O) groups excluding carboxylic acids is 1. The van der Waals surface area contributed by atoms with Gasteiger partial charge in [-0.2, -0.15) is 0 Å². The Morgan fingerprint density at radius 2 is 2.21 bits per heavy atom. The van der Waals surface area contributed by atoms with E-state index in [0.717, 1.165) is 50.8 Å². The minimum Gasteiger partial charge on any atom is -0.368 e. The molecule has 4 nitrogen and oxygen atoms in total. The average molecular weight is 330 g/mol. The van der Waals surface area contributed by atoms with Gasteiger partial charge in [-0.3, -0.25) is 4.79 Å². The van der Waals surface area contributed by atoms with Crippen LogP contribution in [-0.2, 0) is 22.4 Å². The molecule has 0 spiro atoms. The van der Waals surface area contributed by atoms with E-state index in [-0.39, 0.29) is 18.1 Å². The van der Waals surface area contributed by atoms with E-state index < -0.39 is 0 Å². The second-order valence-corrected chi connectivity index (χ2v) is 7.65. The standard InChI is InChI=1S/C20H30N2O2/c1-14(2)11-17(21)13-15-7-8-18-16(12-15)5-3-9-22(18)20(23)19-6-4-10-24-19/h7-8,12,14,17,19H,3-6,9-11,13,21H2,1-2H3. The minimum absolute atomic E-state index is 0.137. The highest BCUT2D eigenvalue weighted by molar-refractivity contribution is 5.97. The van der Waals surface area contributed by atoms with Crippen molar-refractivity contribution in [3.63, 3.8) is 0 Å². The van der Waals surface area contributed by atoms with Gasteiger partial charge in [0.2, 0.25) is 0 Å². The fraction of sp³-hybridized carbons (Fsp3) is 0.650. The molecular weight excluding hydrogens is 300 g/mol. The summed E-state index contributed by atoms with van der Waals surface area (Å²) in [5, 5.41) is 0. The molecule has 3 rings (SSSR count). The highest BCUT2D eigenvalue weighted by Gasteiger charge is 2.31. The van der Waals surface area contributed by atoms with Crippen LogP contribution in [0.25, 0.3) is 0 Å². The first kappa shape index (κ1) is 17.4. The summed E-state index contributed by atoms with van der Waals surface area (Å²) in [7, 11) is 0. The lowest BCUT2D eigenvalue weighted by Gasteiger charge is -2.31. The van der Waals surface area contributed by atoms with E-state index in [4.69, 9.17) is 10.5 Å². The normalized spacial score (nSPS) is 21.8. The molecule has 24 heavy (non-hydrogen) atoms. The number of rotatable bonds is 5. The molecule has 2 aliphatic heterocycles. The fourth-order valence-electron chi connectivity index (χ4n) is 3.94. The molecule has 2 unspecified atom stereocenters. The molecule has 1 saturated heterocycles. The number of amides is 1. The van der Waals surface area contributed by atoms with Crippen LogP contribution in [0.2, 0.25) is 0 Å². The first-order valence-corrected chi connectivity index (χ1v) is 9.35. The quantitative estimate of drug-likeness (QED) is 0.903. The van der Waals surface area contributed by atoms with Gasteiger partial charge in [0.15, 0.2) is 0 Å². The molecule has 0 aromatic heterocycles. The van der Waals surface area contributed by atoms with Crippen molar-refractivity contribution in [2.75, 3.05) is 18.1 Å². The number of carbonyl (C=O) groups is 1. The number of nitrogens with zero attached hydrogens (tertiary/aromatic N) is 1. The third-order valence-electron chi connectivity index (χ3n) is 5.01. The second-order valence-electron chi connectivity index (χ2n) is 7.65. The number of anilines is 1. The molecule has 4 heteroatoms. The molecule has 2 aliphatic rings. The molecule has 2 N–H and O–H groups in total. The van der Waals surface area contributed by atoms with Crippen molar-refractivity contribution in [2.45, 2.75) is 64.5 Å². The van der Waals surface area contributed by atoms with E-state index in [1.54, 1.807) is 0 Å². The van der Waals surface area contributed by atoms with Gasteiger partial charge in [-0.05, 0) is 61.6 Å². The lowest BCUT2D eigenvalue weighted by atomic mass is 9.94. The van der Waals surface area contributed by atoms with Gasteiger partial charge in [-0.1, -0.05) is 26.0 Å². The average Bonchev–Trinajstić information content (AvgIpc) is 3.07. The maximum Gasteiger partial charge on any atom is 0.256 e. The Bertz CT molecular complexity index is 579. The molecule has 0 aliphatic carbocycles. The van der Waals surface area contributed by atoms with Crippen LogP contribution in [0.3, 0.4) is 0 Å². The number of hydrogen-bond donors (Lipinski definition) is 1. The van der Waals surface area contributed by atoms with Crippen LogP contribution in [0.1, 0.15) is 50.7 Å². The molecular formula is C20H30N2O2. The summed E-state index contributed by atoms with van der Waals surface area (Å²) in [5.41, 5.74) is 9.90. The monoisotopic (exact) mass is 330 g/mol. The summed E-state index contributed by atoms with van der Waals surface area (Å²) in [5.74, 6) is 0.759. The molecule has 2 atom stereocenters. The first-order valence-electron chi connectivity index (χ1n) is 9.35. The Kier molecular flexibility index (Phi) is 5.57. The van der Waals surface area contributed by atoms with Crippen LogP contribution >= 0.6 is 0 Å². The largest absolute Gasteiger partial charge is 0.368 e.